The number of nitrogens with zero attached hydrogens (tertiary/aromatic N) is 2. The Kier molecular flexibility index (Phi) is 8.32. The molecule has 0 aliphatic heterocycles. The summed E-state index contributed by atoms with van der Waals surface area (Å²) in [7, 11) is 5.10. The predicted octanol–water partition coefficient (Wildman–Crippen LogP) is 3.37. The maximum absolute atomic E-state index is 12.0. The lowest BCUT2D eigenvalue weighted by Crippen LogP contribution is -2.14. The molecule has 0 aromatic heterocycles. The van der Waals surface area contributed by atoms with Crippen LogP contribution in [0.3, 0.4) is 0 Å². The third-order valence-electron chi connectivity index (χ3n) is 3.16. The number of amides is 1. The van der Waals surface area contributed by atoms with E-state index in [1.165, 1.54) is 19.1 Å². The van der Waals surface area contributed by atoms with Gasteiger partial charge in [-0.3, -0.25) is 4.79 Å². The van der Waals surface area contributed by atoms with E-state index in [4.69, 9.17) is 4.74 Å². The van der Waals surface area contributed by atoms with Crippen molar-refractivity contribution in [2.45, 2.75) is 38.0 Å². The molecule has 1 rings (SSSR count). The van der Waals surface area contributed by atoms with Gasteiger partial charge >= 0.3 is 5.97 Å². The number of nitrogens with one attached hydrogen (secondary N) is 1. The zero-order valence-electron chi connectivity index (χ0n) is 14.9. The Morgan fingerprint density at radius 3 is 2.58 bits per heavy atom. The third kappa shape index (κ3) is 5.88. The van der Waals surface area contributed by atoms with Crippen molar-refractivity contribution in [3.63, 3.8) is 0 Å². The van der Waals surface area contributed by atoms with Crippen LogP contribution in [0.2, 0.25) is 0 Å². The molecule has 24 heavy (non-hydrogen) atoms. The average molecular weight is 351 g/mol. The van der Waals surface area contributed by atoms with Gasteiger partial charge in [-0.1, -0.05) is 13.8 Å². The normalized spacial score (nSPS) is 10.7. The number of methoxy groups -OCH3 is 1. The highest BCUT2D eigenvalue weighted by atomic mass is 32.2. The number of carbonyl (C=O) groups is 2. The molecule has 0 saturated carbocycles. The van der Waals surface area contributed by atoms with Crippen LogP contribution in [0.1, 0.15) is 42.6 Å². The molecule has 1 aromatic carbocycles. The summed E-state index contributed by atoms with van der Waals surface area (Å²) in [4.78, 5) is 26.5. The first kappa shape index (κ1) is 20.0. The molecule has 6 nitrogen and oxygen atoms in total. The Morgan fingerprint density at radius 1 is 1.33 bits per heavy atom. The van der Waals surface area contributed by atoms with Crippen LogP contribution in [0.5, 0.6) is 0 Å². The van der Waals surface area contributed by atoms with Gasteiger partial charge < -0.3 is 15.0 Å². The molecule has 0 heterocycles. The second-order valence-corrected chi connectivity index (χ2v) is 6.25. The van der Waals surface area contributed by atoms with Gasteiger partial charge in [0.2, 0.25) is 5.91 Å². The molecule has 7 heteroatoms. The Bertz CT molecular complexity index is 615. The monoisotopic (exact) mass is 351 g/mol. The van der Waals surface area contributed by atoms with Crippen molar-refractivity contribution in [2.75, 3.05) is 26.5 Å². The SMILES string of the molecule is CCCC(=O)Nc1cc(C(=O)OC)cc(S/N=C/N(C)C)c1CC. The second-order valence-electron chi connectivity index (χ2n) is 5.42. The number of rotatable bonds is 8. The minimum absolute atomic E-state index is 0.0676. The molecule has 0 radical (unpaired) electrons. The van der Waals surface area contributed by atoms with E-state index in [0.29, 0.717) is 24.1 Å². The van der Waals surface area contributed by atoms with Crippen molar-refractivity contribution in [1.82, 2.24) is 4.90 Å². The van der Waals surface area contributed by atoms with Crippen LogP contribution >= 0.6 is 11.9 Å². The topological polar surface area (TPSA) is 71.0 Å². The molecule has 0 aliphatic carbocycles. The average Bonchev–Trinajstić information content (AvgIpc) is 2.53. The molecular formula is C17H25N3O3S. The summed E-state index contributed by atoms with van der Waals surface area (Å²) in [6.45, 7) is 3.95. The minimum Gasteiger partial charge on any atom is -0.465 e. The van der Waals surface area contributed by atoms with Crippen molar-refractivity contribution in [3.05, 3.63) is 23.3 Å². The van der Waals surface area contributed by atoms with E-state index >= 15 is 0 Å². The van der Waals surface area contributed by atoms with Crippen molar-refractivity contribution in [3.8, 4) is 0 Å². The Balaban J connectivity index is 3.27. The van der Waals surface area contributed by atoms with Crippen molar-refractivity contribution >= 4 is 35.9 Å². The van der Waals surface area contributed by atoms with E-state index in [-0.39, 0.29) is 5.91 Å². The number of benzene rings is 1. The molecule has 0 spiro atoms. The van der Waals surface area contributed by atoms with Gasteiger partial charge in [-0.2, -0.15) is 0 Å². The lowest BCUT2D eigenvalue weighted by atomic mass is 10.1. The maximum Gasteiger partial charge on any atom is 0.337 e. The van der Waals surface area contributed by atoms with Crippen LogP contribution in [-0.4, -0.2) is 44.3 Å². The minimum atomic E-state index is -0.443. The van der Waals surface area contributed by atoms with Crippen LogP contribution in [-0.2, 0) is 16.0 Å². The van der Waals surface area contributed by atoms with Crippen molar-refractivity contribution in [2.24, 2.45) is 4.40 Å². The summed E-state index contributed by atoms with van der Waals surface area (Å²) in [5.74, 6) is -0.510. The molecule has 1 amide bonds. The van der Waals surface area contributed by atoms with E-state index in [9.17, 15) is 9.59 Å². The third-order valence-corrected chi connectivity index (χ3v) is 3.92. The molecule has 0 unspecified atom stereocenters. The van der Waals surface area contributed by atoms with Crippen LogP contribution in [0.4, 0.5) is 5.69 Å². The largest absolute Gasteiger partial charge is 0.465 e. The van der Waals surface area contributed by atoms with Crippen LogP contribution in [0, 0.1) is 0 Å². The summed E-state index contributed by atoms with van der Waals surface area (Å²) in [5, 5.41) is 2.90. The van der Waals surface area contributed by atoms with Crippen LogP contribution in [0.25, 0.3) is 0 Å². The first-order chi connectivity index (χ1) is 11.4. The van der Waals surface area contributed by atoms with Gasteiger partial charge in [0.25, 0.3) is 0 Å². The smallest absolute Gasteiger partial charge is 0.337 e. The highest BCUT2D eigenvalue weighted by Crippen LogP contribution is 2.32. The van der Waals surface area contributed by atoms with E-state index in [0.717, 1.165) is 16.9 Å². The van der Waals surface area contributed by atoms with Crippen LogP contribution < -0.4 is 5.32 Å². The van der Waals surface area contributed by atoms with Crippen molar-refractivity contribution in [1.29, 1.82) is 0 Å². The molecule has 0 aliphatic rings. The number of hydrogen-bond donors (Lipinski definition) is 1. The molecular weight excluding hydrogens is 326 g/mol. The van der Waals surface area contributed by atoms with Gasteiger partial charge in [0.1, 0.15) is 0 Å². The second kappa shape index (κ2) is 9.97. The fourth-order valence-electron chi connectivity index (χ4n) is 2.05. The lowest BCUT2D eigenvalue weighted by Gasteiger charge is -2.15. The number of esters is 1. The summed E-state index contributed by atoms with van der Waals surface area (Å²) in [5.41, 5.74) is 1.98. The van der Waals surface area contributed by atoms with Gasteiger partial charge in [-0.25, -0.2) is 9.19 Å². The first-order valence-electron chi connectivity index (χ1n) is 7.84. The number of ether oxygens (including phenoxy) is 1. The summed E-state index contributed by atoms with van der Waals surface area (Å²) < 4.78 is 9.09. The molecule has 132 valence electrons. The van der Waals surface area contributed by atoms with Crippen molar-refractivity contribution < 1.29 is 14.3 Å². The number of anilines is 1. The van der Waals surface area contributed by atoms with Gasteiger partial charge in [0, 0.05) is 43.0 Å². The zero-order valence-corrected chi connectivity index (χ0v) is 15.7. The molecule has 0 atom stereocenters. The highest BCUT2D eigenvalue weighted by molar-refractivity contribution is 7.98. The Labute approximate surface area is 147 Å². The van der Waals surface area contributed by atoms with E-state index < -0.39 is 5.97 Å². The molecule has 0 fully saturated rings. The fourth-order valence-corrected chi connectivity index (χ4v) is 2.95. The first-order valence-corrected chi connectivity index (χ1v) is 8.62. The molecule has 1 aromatic rings. The van der Waals surface area contributed by atoms with Crippen LogP contribution in [0.15, 0.2) is 21.4 Å². The zero-order chi connectivity index (χ0) is 18.1. The number of hydrogen-bond acceptors (Lipinski definition) is 5. The maximum atomic E-state index is 12.0. The molecule has 0 bridgehead atoms. The van der Waals surface area contributed by atoms with E-state index in [1.807, 2.05) is 32.8 Å². The van der Waals surface area contributed by atoms with Gasteiger partial charge in [-0.05, 0) is 30.5 Å². The Morgan fingerprint density at radius 2 is 2.04 bits per heavy atom. The van der Waals surface area contributed by atoms with E-state index in [2.05, 4.69) is 9.71 Å². The highest BCUT2D eigenvalue weighted by Gasteiger charge is 2.16. The van der Waals surface area contributed by atoms with Gasteiger partial charge in [0.05, 0.1) is 19.0 Å². The Hall–Kier alpha value is -2.02. The summed E-state index contributed by atoms with van der Waals surface area (Å²) >= 11 is 1.27. The summed E-state index contributed by atoms with van der Waals surface area (Å²) in [6, 6.07) is 3.41. The van der Waals surface area contributed by atoms with Gasteiger partial charge in [-0.15, -0.1) is 0 Å². The number of carbonyl (C=O) groups excluding carboxylic acids is 2. The predicted molar refractivity (Wildman–Crippen MR) is 98.7 cm³/mol. The molecule has 0 saturated heterocycles. The van der Waals surface area contributed by atoms with E-state index in [1.54, 1.807) is 18.5 Å². The molecule has 1 N–H and O–H groups in total. The summed E-state index contributed by atoms with van der Waals surface area (Å²) in [6.07, 6.45) is 3.60. The fraction of sp³-hybridized carbons (Fsp3) is 0.471. The quantitative estimate of drug-likeness (QED) is 0.336. The lowest BCUT2D eigenvalue weighted by molar-refractivity contribution is -0.116. The van der Waals surface area contributed by atoms with Gasteiger partial charge in [0.15, 0.2) is 0 Å². The standard InChI is InChI=1S/C17H25N3O3S/c1-6-8-16(21)19-14-9-12(17(22)23-5)10-15(13(14)7-2)24-18-11-20(3)4/h9-11H,6-8H2,1-5H3,(H,19,21)/b18-11+.